The van der Waals surface area contributed by atoms with Crippen LogP contribution >= 0.6 is 0 Å². The minimum atomic E-state index is -0.360. The second kappa shape index (κ2) is 10.5. The molecule has 2 N–H and O–H groups in total. The minimum absolute atomic E-state index is 0. The van der Waals surface area contributed by atoms with Crippen LogP contribution in [0.5, 0.6) is 11.5 Å². The Kier molecular flexibility index (Phi) is 8.44. The molecule has 1 heterocycles. The van der Waals surface area contributed by atoms with Crippen molar-refractivity contribution in [2.24, 2.45) is 0 Å². The molecular weight excluding hydrogens is 479 g/mol. The average Bonchev–Trinajstić information content (AvgIpc) is 3.17. The van der Waals surface area contributed by atoms with Crippen molar-refractivity contribution in [2.75, 3.05) is 0 Å². The second-order valence-electron chi connectivity index (χ2n) is 7.37. The van der Waals surface area contributed by atoms with E-state index in [1.165, 1.54) is 0 Å². The topological polar surface area (TPSA) is 53.6 Å². The summed E-state index contributed by atoms with van der Waals surface area (Å²) in [5, 5.41) is 25.8. The predicted octanol–water partition coefficient (Wildman–Crippen LogP) is 0.491. The Balaban J connectivity index is 0.00000121. The Morgan fingerprint density at radius 1 is 0.688 bits per heavy atom. The molecule has 0 aliphatic heterocycles. The van der Waals surface area contributed by atoms with Crippen molar-refractivity contribution >= 4 is 21.5 Å². The van der Waals surface area contributed by atoms with E-state index in [4.69, 9.17) is 4.42 Å². The van der Waals surface area contributed by atoms with Gasteiger partial charge in [-0.1, -0.05) is 72.8 Å². The number of benzene rings is 4. The molecule has 0 bridgehead atoms. The number of phenolic OH excluding ortho intramolecular Hbond substituents is 2. The van der Waals surface area contributed by atoms with Gasteiger partial charge in [0.2, 0.25) is 0 Å². The normalized spacial score (nSPS) is 10.4. The Morgan fingerprint density at radius 3 is 1.59 bits per heavy atom. The molecule has 0 spiro atoms. The number of phenols is 2. The molecule has 0 radical (unpaired) electrons. The van der Waals surface area contributed by atoms with E-state index in [-0.39, 0.29) is 63.9 Å². The van der Waals surface area contributed by atoms with E-state index in [1.807, 2.05) is 85.8 Å². The van der Waals surface area contributed by atoms with Crippen molar-refractivity contribution in [1.29, 1.82) is 0 Å². The maximum absolute atomic E-state index is 11.1. The first-order chi connectivity index (χ1) is 14.1. The predicted molar refractivity (Wildman–Crippen MR) is 116 cm³/mol. The first kappa shape index (κ1) is 25.8. The largest absolute Gasteiger partial charge is 2.00 e. The summed E-state index contributed by atoms with van der Waals surface area (Å²) in [6.45, 7) is 1.89. The quantitative estimate of drug-likeness (QED) is 0.356. The summed E-state index contributed by atoms with van der Waals surface area (Å²) < 4.78 is 5.58. The number of rotatable bonds is 3. The summed E-state index contributed by atoms with van der Waals surface area (Å²) in [6, 6.07) is 25.3. The standard InChI is InChI=1S/C26H20O3.2ClH.Ti/c1-16-14-19(15-29-16)24(22-12-10-17-6-2-4-8-20(17)25(22)27)23-13-11-18-7-3-5-9-21(18)26(23)28;;;/h2-15,24,27-28H,1H3;2*1H;/q;;;+2/p-2. The zero-order chi connectivity index (χ0) is 20.0. The molecule has 0 saturated carbocycles. The fourth-order valence-electron chi connectivity index (χ4n) is 4.15. The van der Waals surface area contributed by atoms with Crippen LogP contribution in [0.25, 0.3) is 21.5 Å². The summed E-state index contributed by atoms with van der Waals surface area (Å²) >= 11 is 0. The maximum Gasteiger partial charge on any atom is 2.00 e. The monoisotopic (exact) mass is 498 g/mol. The summed E-state index contributed by atoms with van der Waals surface area (Å²) in [5.41, 5.74) is 2.35. The average molecular weight is 499 g/mol. The molecule has 6 heteroatoms. The van der Waals surface area contributed by atoms with E-state index in [0.29, 0.717) is 0 Å². The van der Waals surface area contributed by atoms with Crippen molar-refractivity contribution in [1.82, 2.24) is 0 Å². The van der Waals surface area contributed by atoms with E-state index in [0.717, 1.165) is 44.0 Å². The van der Waals surface area contributed by atoms with Gasteiger partial charge in [0.1, 0.15) is 17.3 Å². The van der Waals surface area contributed by atoms with Crippen LogP contribution < -0.4 is 24.8 Å². The minimum Gasteiger partial charge on any atom is -1.00 e. The van der Waals surface area contributed by atoms with Crippen LogP contribution in [0.1, 0.15) is 28.4 Å². The first-order valence-corrected chi connectivity index (χ1v) is 9.60. The SMILES string of the molecule is Cc1cc(C(c2ccc3ccccc3c2O)c2ccc3ccccc3c2O)co1.[Cl-].[Cl-].[Ti+2]. The number of aryl methyl sites for hydroxylation is 1. The van der Waals surface area contributed by atoms with Gasteiger partial charge in [-0.05, 0) is 23.8 Å². The van der Waals surface area contributed by atoms with Crippen LogP contribution in [0, 0.1) is 6.92 Å². The molecule has 160 valence electrons. The molecular formula is C26H20Cl2O3Ti. The van der Waals surface area contributed by atoms with E-state index in [2.05, 4.69) is 0 Å². The second-order valence-corrected chi connectivity index (χ2v) is 7.37. The third-order valence-corrected chi connectivity index (χ3v) is 5.57. The van der Waals surface area contributed by atoms with E-state index >= 15 is 0 Å². The molecule has 0 saturated heterocycles. The molecule has 4 aromatic carbocycles. The van der Waals surface area contributed by atoms with E-state index in [9.17, 15) is 10.2 Å². The third kappa shape index (κ3) is 4.39. The van der Waals surface area contributed by atoms with E-state index < -0.39 is 0 Å². The molecule has 5 rings (SSSR count). The van der Waals surface area contributed by atoms with Crippen molar-refractivity contribution in [3.05, 3.63) is 108 Å². The molecule has 0 amide bonds. The fourth-order valence-corrected chi connectivity index (χ4v) is 4.15. The molecule has 0 aliphatic rings. The van der Waals surface area contributed by atoms with Gasteiger partial charge in [-0.25, -0.2) is 0 Å². The van der Waals surface area contributed by atoms with Gasteiger partial charge in [0, 0.05) is 33.4 Å². The molecule has 5 aromatic rings. The Labute approximate surface area is 213 Å². The zero-order valence-electron chi connectivity index (χ0n) is 17.2. The van der Waals surface area contributed by atoms with Gasteiger partial charge in [0.15, 0.2) is 0 Å². The van der Waals surface area contributed by atoms with Crippen molar-refractivity contribution in [3.63, 3.8) is 0 Å². The van der Waals surface area contributed by atoms with Gasteiger partial charge in [-0.15, -0.1) is 0 Å². The summed E-state index contributed by atoms with van der Waals surface area (Å²) in [6.07, 6.45) is 1.70. The van der Waals surface area contributed by atoms with Crippen molar-refractivity contribution in [3.8, 4) is 11.5 Å². The van der Waals surface area contributed by atoms with Gasteiger partial charge in [0.25, 0.3) is 0 Å². The van der Waals surface area contributed by atoms with Crippen LogP contribution in [-0.4, -0.2) is 10.2 Å². The maximum atomic E-state index is 11.1. The van der Waals surface area contributed by atoms with Crippen molar-refractivity contribution < 1.29 is 61.2 Å². The first-order valence-electron chi connectivity index (χ1n) is 9.60. The van der Waals surface area contributed by atoms with Crippen LogP contribution in [0.2, 0.25) is 0 Å². The van der Waals surface area contributed by atoms with Gasteiger partial charge in [0.05, 0.1) is 6.26 Å². The fraction of sp³-hybridized carbons (Fsp3) is 0.0769. The van der Waals surface area contributed by atoms with Crippen molar-refractivity contribution in [2.45, 2.75) is 12.8 Å². The molecule has 0 atom stereocenters. The van der Waals surface area contributed by atoms with Gasteiger partial charge < -0.3 is 39.4 Å². The van der Waals surface area contributed by atoms with Gasteiger partial charge in [-0.3, -0.25) is 0 Å². The number of hydrogen-bond acceptors (Lipinski definition) is 3. The number of furan rings is 1. The van der Waals surface area contributed by atoms with Crippen LogP contribution in [-0.2, 0) is 21.7 Å². The number of hydrogen-bond donors (Lipinski definition) is 2. The van der Waals surface area contributed by atoms with Crippen LogP contribution in [0.3, 0.4) is 0 Å². The summed E-state index contributed by atoms with van der Waals surface area (Å²) in [5.74, 6) is 0.867. The molecule has 0 fully saturated rings. The summed E-state index contributed by atoms with van der Waals surface area (Å²) in [4.78, 5) is 0. The molecule has 32 heavy (non-hydrogen) atoms. The Morgan fingerprint density at radius 2 is 1.16 bits per heavy atom. The van der Waals surface area contributed by atoms with Crippen LogP contribution in [0.4, 0.5) is 0 Å². The summed E-state index contributed by atoms with van der Waals surface area (Å²) in [7, 11) is 0. The molecule has 0 aliphatic carbocycles. The van der Waals surface area contributed by atoms with Gasteiger partial charge in [-0.2, -0.15) is 0 Å². The smallest absolute Gasteiger partial charge is 1.00 e. The van der Waals surface area contributed by atoms with Gasteiger partial charge >= 0.3 is 21.7 Å². The molecule has 3 nitrogen and oxygen atoms in total. The molecule has 0 unspecified atom stereocenters. The number of fused-ring (bicyclic) bond motifs is 2. The van der Waals surface area contributed by atoms with Crippen LogP contribution in [0.15, 0.2) is 89.5 Å². The zero-order valence-corrected chi connectivity index (χ0v) is 20.3. The number of halogens is 2. The third-order valence-electron chi connectivity index (χ3n) is 5.57. The number of aromatic hydroxyl groups is 2. The molecule has 1 aromatic heterocycles. The Hall–Kier alpha value is -2.43. The Bertz CT molecular complexity index is 1280. The van der Waals surface area contributed by atoms with E-state index in [1.54, 1.807) is 6.26 Å².